The van der Waals surface area contributed by atoms with Gasteiger partial charge in [-0.15, -0.1) is 11.3 Å². The molecule has 2 heterocycles. The normalized spacial score (nSPS) is 26.3. The van der Waals surface area contributed by atoms with Gasteiger partial charge in [-0.25, -0.2) is 4.98 Å². The summed E-state index contributed by atoms with van der Waals surface area (Å²) in [6.45, 7) is 2.38. The Kier molecular flexibility index (Phi) is 3.12. The van der Waals surface area contributed by atoms with Gasteiger partial charge in [0.05, 0.1) is 17.8 Å². The molecule has 1 aromatic rings. The highest BCUT2D eigenvalue weighted by molar-refractivity contribution is 7.07. The standard InChI is InChI=1S/C9H14N2O2S/c1-11-2-3-13-8(4-11)9(12)7-5-14-6-10-7/h5-6,8-9,12H,2-4H2,1H3. The maximum Gasteiger partial charge on any atom is 0.124 e. The smallest absolute Gasteiger partial charge is 0.124 e. The molecule has 1 aromatic heterocycles. The monoisotopic (exact) mass is 214 g/mol. The van der Waals surface area contributed by atoms with Crippen LogP contribution in [0.5, 0.6) is 0 Å². The number of morpholine rings is 1. The van der Waals surface area contributed by atoms with E-state index < -0.39 is 6.10 Å². The van der Waals surface area contributed by atoms with Crippen LogP contribution in [0.25, 0.3) is 0 Å². The Balaban J connectivity index is 2.00. The Morgan fingerprint density at radius 3 is 3.29 bits per heavy atom. The lowest BCUT2D eigenvalue weighted by atomic mass is 10.1. The molecular weight excluding hydrogens is 200 g/mol. The topological polar surface area (TPSA) is 45.6 Å². The van der Waals surface area contributed by atoms with E-state index in [-0.39, 0.29) is 6.10 Å². The molecule has 0 spiro atoms. The lowest BCUT2D eigenvalue weighted by molar-refractivity contribution is -0.0855. The second kappa shape index (κ2) is 4.35. The van der Waals surface area contributed by atoms with Crippen molar-refractivity contribution in [3.8, 4) is 0 Å². The van der Waals surface area contributed by atoms with Gasteiger partial charge in [-0.2, -0.15) is 0 Å². The molecule has 0 radical (unpaired) electrons. The maximum absolute atomic E-state index is 9.94. The minimum atomic E-state index is -0.594. The van der Waals surface area contributed by atoms with E-state index in [0.717, 1.165) is 18.8 Å². The molecule has 14 heavy (non-hydrogen) atoms. The Bertz CT molecular complexity index is 278. The predicted octanol–water partition coefficient (Wildman–Crippen LogP) is 0.507. The van der Waals surface area contributed by atoms with Crippen LogP contribution in [0.15, 0.2) is 10.9 Å². The molecule has 0 amide bonds. The van der Waals surface area contributed by atoms with Gasteiger partial charge in [0.1, 0.15) is 12.2 Å². The summed E-state index contributed by atoms with van der Waals surface area (Å²) >= 11 is 1.49. The molecule has 78 valence electrons. The summed E-state index contributed by atoms with van der Waals surface area (Å²) in [7, 11) is 2.03. The van der Waals surface area contributed by atoms with Crippen molar-refractivity contribution < 1.29 is 9.84 Å². The lowest BCUT2D eigenvalue weighted by Gasteiger charge is -2.32. The van der Waals surface area contributed by atoms with Crippen LogP contribution in [0.2, 0.25) is 0 Å². The molecular formula is C9H14N2O2S. The zero-order valence-corrected chi connectivity index (χ0v) is 8.91. The number of aliphatic hydroxyl groups excluding tert-OH is 1. The third kappa shape index (κ3) is 2.12. The molecule has 1 aliphatic rings. The predicted molar refractivity (Wildman–Crippen MR) is 54.3 cm³/mol. The van der Waals surface area contributed by atoms with E-state index in [2.05, 4.69) is 9.88 Å². The first kappa shape index (κ1) is 10.0. The molecule has 1 aliphatic heterocycles. The Labute approximate surface area is 87.1 Å². The van der Waals surface area contributed by atoms with E-state index in [1.165, 1.54) is 11.3 Å². The van der Waals surface area contributed by atoms with Crippen LogP contribution in [-0.4, -0.2) is 47.8 Å². The second-order valence-electron chi connectivity index (χ2n) is 3.53. The first-order chi connectivity index (χ1) is 6.77. The zero-order valence-electron chi connectivity index (χ0n) is 8.09. The van der Waals surface area contributed by atoms with Crippen LogP contribution in [0, 0.1) is 0 Å². The van der Waals surface area contributed by atoms with Crippen molar-refractivity contribution in [2.45, 2.75) is 12.2 Å². The van der Waals surface area contributed by atoms with Gasteiger partial charge in [-0.05, 0) is 7.05 Å². The van der Waals surface area contributed by atoms with Gasteiger partial charge in [0.15, 0.2) is 0 Å². The average Bonchev–Trinajstić information content (AvgIpc) is 2.69. The van der Waals surface area contributed by atoms with Crippen molar-refractivity contribution in [1.29, 1.82) is 0 Å². The summed E-state index contributed by atoms with van der Waals surface area (Å²) in [4.78, 5) is 6.24. The fourth-order valence-electron chi connectivity index (χ4n) is 1.56. The van der Waals surface area contributed by atoms with Crippen molar-refractivity contribution >= 4 is 11.3 Å². The maximum atomic E-state index is 9.94. The van der Waals surface area contributed by atoms with Crippen LogP contribution >= 0.6 is 11.3 Å². The van der Waals surface area contributed by atoms with E-state index in [4.69, 9.17) is 4.74 Å². The van der Waals surface area contributed by atoms with Gasteiger partial charge in [0.25, 0.3) is 0 Å². The number of likely N-dealkylation sites (N-methyl/N-ethyl adjacent to an activating group) is 1. The third-order valence-electron chi connectivity index (χ3n) is 2.40. The van der Waals surface area contributed by atoms with E-state index in [1.807, 2.05) is 12.4 Å². The van der Waals surface area contributed by atoms with Crippen molar-refractivity contribution in [2.75, 3.05) is 26.7 Å². The van der Waals surface area contributed by atoms with E-state index in [0.29, 0.717) is 6.61 Å². The molecule has 0 saturated carbocycles. The fourth-order valence-corrected chi connectivity index (χ4v) is 2.14. The number of nitrogens with zero attached hydrogens (tertiary/aromatic N) is 2. The van der Waals surface area contributed by atoms with Gasteiger partial charge < -0.3 is 14.7 Å². The summed E-state index contributed by atoms with van der Waals surface area (Å²) in [5.41, 5.74) is 2.45. The van der Waals surface area contributed by atoms with Gasteiger partial charge in [0.2, 0.25) is 0 Å². The van der Waals surface area contributed by atoms with Crippen molar-refractivity contribution in [3.63, 3.8) is 0 Å². The molecule has 2 rings (SSSR count). The minimum absolute atomic E-state index is 0.143. The van der Waals surface area contributed by atoms with Crippen LogP contribution in [-0.2, 0) is 4.74 Å². The first-order valence-electron chi connectivity index (χ1n) is 4.63. The molecule has 1 N–H and O–H groups in total. The highest BCUT2D eigenvalue weighted by Gasteiger charge is 2.27. The van der Waals surface area contributed by atoms with Crippen molar-refractivity contribution in [2.24, 2.45) is 0 Å². The molecule has 2 unspecified atom stereocenters. The summed E-state index contributed by atoms with van der Waals surface area (Å²) in [5, 5.41) is 11.8. The molecule has 1 fully saturated rings. The molecule has 5 heteroatoms. The molecule has 4 nitrogen and oxygen atoms in total. The van der Waals surface area contributed by atoms with Gasteiger partial charge in [0, 0.05) is 18.5 Å². The number of aliphatic hydroxyl groups is 1. The molecule has 1 saturated heterocycles. The quantitative estimate of drug-likeness (QED) is 0.779. The third-order valence-corrected chi connectivity index (χ3v) is 3.01. The van der Waals surface area contributed by atoms with Crippen LogP contribution in [0.4, 0.5) is 0 Å². The highest BCUT2D eigenvalue weighted by Crippen LogP contribution is 2.21. The Hall–Kier alpha value is -0.490. The Morgan fingerprint density at radius 2 is 2.64 bits per heavy atom. The van der Waals surface area contributed by atoms with Crippen molar-refractivity contribution in [3.05, 3.63) is 16.6 Å². The van der Waals surface area contributed by atoms with Gasteiger partial charge >= 0.3 is 0 Å². The summed E-state index contributed by atoms with van der Waals surface area (Å²) in [6, 6.07) is 0. The average molecular weight is 214 g/mol. The summed E-state index contributed by atoms with van der Waals surface area (Å²) in [6.07, 6.45) is -0.736. The van der Waals surface area contributed by atoms with E-state index in [9.17, 15) is 5.11 Å². The van der Waals surface area contributed by atoms with E-state index >= 15 is 0 Å². The number of aromatic nitrogens is 1. The fraction of sp³-hybridized carbons (Fsp3) is 0.667. The highest BCUT2D eigenvalue weighted by atomic mass is 32.1. The van der Waals surface area contributed by atoms with Crippen LogP contribution in [0.3, 0.4) is 0 Å². The molecule has 0 bridgehead atoms. The number of hydrogen-bond donors (Lipinski definition) is 1. The second-order valence-corrected chi connectivity index (χ2v) is 4.25. The van der Waals surface area contributed by atoms with Crippen LogP contribution < -0.4 is 0 Å². The first-order valence-corrected chi connectivity index (χ1v) is 5.58. The number of ether oxygens (including phenoxy) is 1. The zero-order chi connectivity index (χ0) is 9.97. The van der Waals surface area contributed by atoms with Crippen molar-refractivity contribution in [1.82, 2.24) is 9.88 Å². The Morgan fingerprint density at radius 1 is 1.79 bits per heavy atom. The number of thiazole rings is 1. The van der Waals surface area contributed by atoms with Crippen LogP contribution in [0.1, 0.15) is 11.8 Å². The van der Waals surface area contributed by atoms with Gasteiger partial charge in [-0.1, -0.05) is 0 Å². The minimum Gasteiger partial charge on any atom is -0.384 e. The summed E-state index contributed by atoms with van der Waals surface area (Å²) < 4.78 is 5.51. The largest absolute Gasteiger partial charge is 0.384 e. The number of rotatable bonds is 2. The number of hydrogen-bond acceptors (Lipinski definition) is 5. The molecule has 0 aromatic carbocycles. The van der Waals surface area contributed by atoms with Gasteiger partial charge in [-0.3, -0.25) is 0 Å². The summed E-state index contributed by atoms with van der Waals surface area (Å²) in [5.74, 6) is 0. The SMILES string of the molecule is CN1CCOC(C(O)c2cscn2)C1. The van der Waals surface area contributed by atoms with E-state index in [1.54, 1.807) is 5.51 Å². The lowest BCUT2D eigenvalue weighted by Crippen LogP contribution is -2.43. The molecule has 0 aliphatic carbocycles. The molecule has 2 atom stereocenters.